The first kappa shape index (κ1) is 22.0. The van der Waals surface area contributed by atoms with Gasteiger partial charge in [-0.1, -0.05) is 45.4 Å². The second-order valence-electron chi connectivity index (χ2n) is 6.54. The summed E-state index contributed by atoms with van der Waals surface area (Å²) < 4.78 is 2.85. The number of aromatic nitrogens is 3. The molecule has 2 N–H and O–H groups in total. The van der Waals surface area contributed by atoms with E-state index in [2.05, 4.69) is 36.8 Å². The van der Waals surface area contributed by atoms with E-state index in [9.17, 15) is 9.59 Å². The lowest BCUT2D eigenvalue weighted by atomic mass is 10.1. The maximum Gasteiger partial charge on any atom is 0.251 e. The molecule has 3 aromatic rings. The predicted octanol–water partition coefficient (Wildman–Crippen LogP) is 4.03. The van der Waals surface area contributed by atoms with Crippen LogP contribution in [0, 0.1) is 6.92 Å². The van der Waals surface area contributed by atoms with E-state index in [1.165, 1.54) is 11.8 Å². The zero-order valence-corrected chi connectivity index (χ0v) is 19.1. The average Bonchev–Trinajstić information content (AvgIpc) is 3.14. The third-order valence-corrected chi connectivity index (χ3v) is 5.75. The van der Waals surface area contributed by atoms with E-state index in [-0.39, 0.29) is 24.1 Å². The molecule has 0 bridgehead atoms. The quantitative estimate of drug-likeness (QED) is 0.468. The summed E-state index contributed by atoms with van der Waals surface area (Å²) in [5, 5.41) is 14.7. The van der Waals surface area contributed by atoms with E-state index in [4.69, 9.17) is 0 Å². The van der Waals surface area contributed by atoms with Crippen LogP contribution in [0.2, 0.25) is 0 Å². The van der Waals surface area contributed by atoms with Crippen molar-refractivity contribution in [2.45, 2.75) is 32.1 Å². The van der Waals surface area contributed by atoms with E-state index in [0.29, 0.717) is 23.1 Å². The SMILES string of the molecule is CCn1c(CNC(=O)c2cccc(C)c2)nnc1SCC(=O)Nc1ccc(Br)cc1. The first-order valence-electron chi connectivity index (χ1n) is 9.41. The van der Waals surface area contributed by atoms with Gasteiger partial charge in [-0.3, -0.25) is 9.59 Å². The summed E-state index contributed by atoms with van der Waals surface area (Å²) in [6, 6.07) is 14.8. The molecule has 0 saturated carbocycles. The van der Waals surface area contributed by atoms with Crippen LogP contribution in [-0.2, 0) is 17.9 Å². The largest absolute Gasteiger partial charge is 0.345 e. The van der Waals surface area contributed by atoms with E-state index in [1.54, 1.807) is 6.07 Å². The van der Waals surface area contributed by atoms with Gasteiger partial charge in [0.25, 0.3) is 5.91 Å². The Morgan fingerprint density at radius 2 is 1.90 bits per heavy atom. The number of benzene rings is 2. The zero-order chi connectivity index (χ0) is 21.5. The van der Waals surface area contributed by atoms with Crippen molar-refractivity contribution in [1.82, 2.24) is 20.1 Å². The lowest BCUT2D eigenvalue weighted by Gasteiger charge is -2.09. The van der Waals surface area contributed by atoms with Crippen LogP contribution in [0.15, 0.2) is 58.2 Å². The fourth-order valence-corrected chi connectivity index (χ4v) is 3.87. The molecule has 0 aliphatic rings. The van der Waals surface area contributed by atoms with Gasteiger partial charge in [-0.05, 0) is 50.2 Å². The van der Waals surface area contributed by atoms with E-state index in [0.717, 1.165) is 15.7 Å². The van der Waals surface area contributed by atoms with Gasteiger partial charge in [-0.25, -0.2) is 0 Å². The van der Waals surface area contributed by atoms with E-state index in [1.807, 2.05) is 60.9 Å². The summed E-state index contributed by atoms with van der Waals surface area (Å²) >= 11 is 4.68. The van der Waals surface area contributed by atoms with Crippen molar-refractivity contribution in [1.29, 1.82) is 0 Å². The van der Waals surface area contributed by atoms with Gasteiger partial charge < -0.3 is 15.2 Å². The molecule has 0 radical (unpaired) electrons. The molecule has 0 fully saturated rings. The van der Waals surface area contributed by atoms with Gasteiger partial charge in [0, 0.05) is 22.3 Å². The standard InChI is InChI=1S/C21H22BrN5O2S/c1-3-27-18(12-23-20(29)15-6-4-5-14(2)11-15)25-26-21(27)30-13-19(28)24-17-9-7-16(22)8-10-17/h4-11H,3,12-13H2,1-2H3,(H,23,29)(H,24,28). The average molecular weight is 488 g/mol. The monoisotopic (exact) mass is 487 g/mol. The molecular formula is C21H22BrN5O2S. The minimum Gasteiger partial charge on any atom is -0.345 e. The van der Waals surface area contributed by atoms with Crippen molar-refractivity contribution >= 4 is 45.2 Å². The number of hydrogen-bond acceptors (Lipinski definition) is 5. The maximum atomic E-state index is 12.4. The highest BCUT2D eigenvalue weighted by Gasteiger charge is 2.14. The van der Waals surface area contributed by atoms with Crippen LogP contribution in [0.1, 0.15) is 28.7 Å². The Morgan fingerprint density at radius 3 is 2.60 bits per heavy atom. The molecule has 156 valence electrons. The number of nitrogens with zero attached hydrogens (tertiary/aromatic N) is 3. The summed E-state index contributed by atoms with van der Waals surface area (Å²) in [6.45, 7) is 4.82. The number of thioether (sulfide) groups is 1. The smallest absolute Gasteiger partial charge is 0.251 e. The molecule has 9 heteroatoms. The van der Waals surface area contributed by atoms with Gasteiger partial charge in [0.05, 0.1) is 12.3 Å². The third-order valence-electron chi connectivity index (χ3n) is 4.26. The van der Waals surface area contributed by atoms with Gasteiger partial charge in [0.15, 0.2) is 11.0 Å². The summed E-state index contributed by atoms with van der Waals surface area (Å²) in [5.74, 6) is 0.577. The molecule has 0 unspecified atom stereocenters. The van der Waals surface area contributed by atoms with Crippen molar-refractivity contribution in [3.63, 3.8) is 0 Å². The minimum absolute atomic E-state index is 0.123. The van der Waals surface area contributed by atoms with Crippen LogP contribution in [0.3, 0.4) is 0 Å². The molecule has 0 aliphatic heterocycles. The fraction of sp³-hybridized carbons (Fsp3) is 0.238. The molecule has 7 nitrogen and oxygen atoms in total. The summed E-state index contributed by atoms with van der Waals surface area (Å²) in [5.41, 5.74) is 2.37. The molecule has 1 heterocycles. The van der Waals surface area contributed by atoms with Crippen LogP contribution in [-0.4, -0.2) is 32.3 Å². The molecule has 0 atom stereocenters. The number of nitrogens with one attached hydrogen (secondary N) is 2. The lowest BCUT2D eigenvalue weighted by Crippen LogP contribution is -2.25. The van der Waals surface area contributed by atoms with Crippen molar-refractivity contribution < 1.29 is 9.59 Å². The Morgan fingerprint density at radius 1 is 1.13 bits per heavy atom. The molecule has 3 rings (SSSR count). The molecule has 1 aromatic heterocycles. The second kappa shape index (κ2) is 10.4. The molecule has 2 aromatic carbocycles. The Kier molecular flexibility index (Phi) is 7.64. The number of aryl methyl sites for hydroxylation is 1. The predicted molar refractivity (Wildman–Crippen MR) is 122 cm³/mol. The van der Waals surface area contributed by atoms with Crippen LogP contribution in [0.4, 0.5) is 5.69 Å². The number of carbonyl (C=O) groups is 2. The molecular weight excluding hydrogens is 466 g/mol. The number of hydrogen-bond donors (Lipinski definition) is 2. The molecule has 30 heavy (non-hydrogen) atoms. The van der Waals surface area contributed by atoms with Gasteiger partial charge in [0.2, 0.25) is 5.91 Å². The van der Waals surface area contributed by atoms with Crippen LogP contribution >= 0.6 is 27.7 Å². The Labute approximate surface area is 187 Å². The highest BCUT2D eigenvalue weighted by molar-refractivity contribution is 9.10. The topological polar surface area (TPSA) is 88.9 Å². The first-order valence-corrected chi connectivity index (χ1v) is 11.2. The second-order valence-corrected chi connectivity index (χ2v) is 8.40. The summed E-state index contributed by atoms with van der Waals surface area (Å²) in [6.07, 6.45) is 0. The van der Waals surface area contributed by atoms with Crippen molar-refractivity contribution in [3.8, 4) is 0 Å². The number of amides is 2. The molecule has 0 saturated heterocycles. The van der Waals surface area contributed by atoms with Gasteiger partial charge in [0.1, 0.15) is 0 Å². The van der Waals surface area contributed by atoms with Crippen molar-refractivity contribution in [2.24, 2.45) is 0 Å². The Hall–Kier alpha value is -2.65. The maximum absolute atomic E-state index is 12.4. The number of anilines is 1. The van der Waals surface area contributed by atoms with E-state index >= 15 is 0 Å². The van der Waals surface area contributed by atoms with Crippen molar-refractivity contribution in [3.05, 3.63) is 70.0 Å². The Bertz CT molecular complexity index is 1040. The number of rotatable bonds is 8. The third kappa shape index (κ3) is 5.93. The van der Waals surface area contributed by atoms with Gasteiger partial charge in [-0.2, -0.15) is 0 Å². The van der Waals surface area contributed by atoms with Gasteiger partial charge in [-0.15, -0.1) is 10.2 Å². The van der Waals surface area contributed by atoms with Crippen LogP contribution in [0.25, 0.3) is 0 Å². The lowest BCUT2D eigenvalue weighted by molar-refractivity contribution is -0.113. The summed E-state index contributed by atoms with van der Waals surface area (Å²) in [7, 11) is 0. The minimum atomic E-state index is -0.160. The van der Waals surface area contributed by atoms with Gasteiger partial charge >= 0.3 is 0 Å². The normalized spacial score (nSPS) is 10.6. The highest BCUT2D eigenvalue weighted by atomic mass is 79.9. The molecule has 0 spiro atoms. The molecule has 0 aliphatic carbocycles. The highest BCUT2D eigenvalue weighted by Crippen LogP contribution is 2.19. The number of halogens is 1. The molecule has 2 amide bonds. The van der Waals surface area contributed by atoms with E-state index < -0.39 is 0 Å². The first-order chi connectivity index (χ1) is 14.5. The van der Waals surface area contributed by atoms with Crippen LogP contribution in [0.5, 0.6) is 0 Å². The van der Waals surface area contributed by atoms with Crippen molar-refractivity contribution in [2.75, 3.05) is 11.1 Å². The fourth-order valence-electron chi connectivity index (χ4n) is 2.78. The Balaban J connectivity index is 1.56. The summed E-state index contributed by atoms with van der Waals surface area (Å²) in [4.78, 5) is 24.6. The van der Waals surface area contributed by atoms with Crippen LogP contribution < -0.4 is 10.6 Å². The zero-order valence-electron chi connectivity index (χ0n) is 16.7. The number of carbonyl (C=O) groups excluding carboxylic acids is 2.